The summed E-state index contributed by atoms with van der Waals surface area (Å²) in [4.78, 5) is 0. The van der Waals surface area contributed by atoms with Crippen molar-refractivity contribution in [3.63, 3.8) is 0 Å². The van der Waals surface area contributed by atoms with E-state index in [0.29, 0.717) is 12.8 Å². The van der Waals surface area contributed by atoms with E-state index in [1.807, 2.05) is 42.5 Å². The van der Waals surface area contributed by atoms with Crippen molar-refractivity contribution in [3.05, 3.63) is 48.0 Å². The van der Waals surface area contributed by atoms with E-state index in [0.717, 1.165) is 16.3 Å². The highest BCUT2D eigenvalue weighted by molar-refractivity contribution is 5.86. The molecule has 0 aliphatic heterocycles. The molecule has 0 saturated heterocycles. The second kappa shape index (κ2) is 6.31. The molecule has 0 heterocycles. The summed E-state index contributed by atoms with van der Waals surface area (Å²) in [7, 11) is 0. The fraction of sp³-hybridized carbons (Fsp3) is 0.474. The van der Waals surface area contributed by atoms with E-state index in [-0.39, 0.29) is 6.42 Å². The van der Waals surface area contributed by atoms with Crippen LogP contribution in [0, 0.1) is 5.92 Å². The van der Waals surface area contributed by atoms with Crippen LogP contribution in [-0.4, -0.2) is 18.5 Å². The lowest BCUT2D eigenvalue weighted by atomic mass is 9.70. The predicted octanol–water partition coefficient (Wildman–Crippen LogP) is 5.76. The van der Waals surface area contributed by atoms with Gasteiger partial charge >= 0.3 is 0 Å². The van der Waals surface area contributed by atoms with Gasteiger partial charge in [-0.1, -0.05) is 49.4 Å². The fourth-order valence-corrected chi connectivity index (χ4v) is 3.80. The second-order valence-corrected chi connectivity index (χ2v) is 6.22. The Bertz CT molecular complexity index is 634. The molecule has 3 heteroatoms. The van der Waals surface area contributed by atoms with E-state index < -0.39 is 30.4 Å². The molecule has 0 amide bonds. The third kappa shape index (κ3) is 2.62. The minimum atomic E-state index is -1.63. The SMILES string of the molecule is CCC(F)C1CCC(F)C(F)C1c1cccc2ccccc12. The van der Waals surface area contributed by atoms with Crippen LogP contribution in [0.3, 0.4) is 0 Å². The molecule has 3 rings (SSSR count). The number of hydrogen-bond donors (Lipinski definition) is 0. The monoisotopic (exact) mass is 306 g/mol. The molecule has 0 N–H and O–H groups in total. The van der Waals surface area contributed by atoms with Crippen LogP contribution in [0.15, 0.2) is 42.5 Å². The highest BCUT2D eigenvalue weighted by Gasteiger charge is 2.44. The lowest BCUT2D eigenvalue weighted by molar-refractivity contribution is 0.0324. The molecule has 0 aromatic heterocycles. The molecule has 1 aliphatic carbocycles. The Morgan fingerprint density at radius 3 is 2.55 bits per heavy atom. The maximum Gasteiger partial charge on any atom is 0.138 e. The van der Waals surface area contributed by atoms with Gasteiger partial charge in [-0.25, -0.2) is 13.2 Å². The average molecular weight is 306 g/mol. The van der Waals surface area contributed by atoms with Gasteiger partial charge in [0.1, 0.15) is 18.5 Å². The third-order valence-corrected chi connectivity index (χ3v) is 4.96. The molecule has 118 valence electrons. The minimum Gasteiger partial charge on any atom is -0.247 e. The lowest BCUT2D eigenvalue weighted by Gasteiger charge is -2.38. The number of benzene rings is 2. The molecular weight excluding hydrogens is 285 g/mol. The van der Waals surface area contributed by atoms with Gasteiger partial charge in [-0.2, -0.15) is 0 Å². The summed E-state index contributed by atoms with van der Waals surface area (Å²) in [6.07, 6.45) is -3.35. The van der Waals surface area contributed by atoms with Crippen LogP contribution in [0.2, 0.25) is 0 Å². The first-order valence-electron chi connectivity index (χ1n) is 8.03. The van der Waals surface area contributed by atoms with Crippen LogP contribution in [0.1, 0.15) is 37.7 Å². The van der Waals surface area contributed by atoms with Crippen molar-refractivity contribution >= 4 is 10.8 Å². The molecule has 1 aliphatic rings. The average Bonchev–Trinajstić information content (AvgIpc) is 2.56. The summed E-state index contributed by atoms with van der Waals surface area (Å²) < 4.78 is 43.0. The Kier molecular flexibility index (Phi) is 4.42. The quantitative estimate of drug-likeness (QED) is 0.676. The minimum absolute atomic E-state index is 0.119. The summed E-state index contributed by atoms with van der Waals surface area (Å²) in [6.45, 7) is 1.76. The van der Waals surface area contributed by atoms with E-state index in [1.165, 1.54) is 0 Å². The van der Waals surface area contributed by atoms with Crippen molar-refractivity contribution in [1.82, 2.24) is 0 Å². The van der Waals surface area contributed by atoms with Crippen LogP contribution in [-0.2, 0) is 0 Å². The molecule has 0 radical (unpaired) electrons. The number of halogens is 3. The molecule has 0 spiro atoms. The zero-order valence-electron chi connectivity index (χ0n) is 12.7. The summed E-state index contributed by atoms with van der Waals surface area (Å²) in [5, 5.41) is 1.89. The predicted molar refractivity (Wildman–Crippen MR) is 84.4 cm³/mol. The molecule has 22 heavy (non-hydrogen) atoms. The van der Waals surface area contributed by atoms with Crippen molar-refractivity contribution in [2.75, 3.05) is 0 Å². The van der Waals surface area contributed by atoms with Gasteiger partial charge in [0.25, 0.3) is 0 Å². The summed E-state index contributed by atoms with van der Waals surface area (Å²) in [5.41, 5.74) is 0.744. The van der Waals surface area contributed by atoms with Crippen molar-refractivity contribution in [3.8, 4) is 0 Å². The topological polar surface area (TPSA) is 0 Å². The van der Waals surface area contributed by atoms with Crippen LogP contribution >= 0.6 is 0 Å². The van der Waals surface area contributed by atoms with Gasteiger partial charge in [0.2, 0.25) is 0 Å². The van der Waals surface area contributed by atoms with Crippen molar-refractivity contribution in [2.24, 2.45) is 5.92 Å². The highest BCUT2D eigenvalue weighted by atomic mass is 19.2. The van der Waals surface area contributed by atoms with Gasteiger partial charge in [0.05, 0.1) is 0 Å². The summed E-state index contributed by atoms with van der Waals surface area (Å²) >= 11 is 0. The largest absolute Gasteiger partial charge is 0.247 e. The van der Waals surface area contributed by atoms with Gasteiger partial charge in [0.15, 0.2) is 0 Å². The molecular formula is C19H21F3. The number of fused-ring (bicyclic) bond motifs is 1. The van der Waals surface area contributed by atoms with Gasteiger partial charge < -0.3 is 0 Å². The maximum atomic E-state index is 14.7. The fourth-order valence-electron chi connectivity index (χ4n) is 3.80. The number of hydrogen-bond acceptors (Lipinski definition) is 0. The molecule has 5 unspecified atom stereocenters. The third-order valence-electron chi connectivity index (χ3n) is 4.96. The second-order valence-electron chi connectivity index (χ2n) is 6.22. The molecule has 5 atom stereocenters. The zero-order chi connectivity index (χ0) is 15.7. The van der Waals surface area contributed by atoms with Crippen LogP contribution in [0.4, 0.5) is 13.2 Å². The van der Waals surface area contributed by atoms with Crippen molar-refractivity contribution < 1.29 is 13.2 Å². The van der Waals surface area contributed by atoms with Gasteiger partial charge in [-0.15, -0.1) is 0 Å². The first kappa shape index (κ1) is 15.4. The molecule has 2 aromatic rings. The Hall–Kier alpha value is -1.51. The molecule has 1 saturated carbocycles. The van der Waals surface area contributed by atoms with Crippen LogP contribution in [0.25, 0.3) is 10.8 Å². The summed E-state index contributed by atoms with van der Waals surface area (Å²) in [5.74, 6) is -1.15. The zero-order valence-corrected chi connectivity index (χ0v) is 12.7. The van der Waals surface area contributed by atoms with Gasteiger partial charge in [-0.3, -0.25) is 0 Å². The Balaban J connectivity index is 2.11. The highest BCUT2D eigenvalue weighted by Crippen LogP contribution is 2.45. The van der Waals surface area contributed by atoms with Gasteiger partial charge in [0, 0.05) is 5.92 Å². The standard InChI is InChI=1S/C19H21F3/c1-2-16(20)15-10-11-17(21)19(22)18(15)14-9-5-7-12-6-3-4-8-13(12)14/h3-9,15-19H,2,10-11H2,1H3. The Morgan fingerprint density at radius 1 is 1.05 bits per heavy atom. The van der Waals surface area contributed by atoms with E-state index in [4.69, 9.17) is 0 Å². The van der Waals surface area contributed by atoms with E-state index in [2.05, 4.69) is 0 Å². The van der Waals surface area contributed by atoms with Crippen LogP contribution in [0.5, 0.6) is 0 Å². The Labute approximate surface area is 129 Å². The van der Waals surface area contributed by atoms with Gasteiger partial charge in [-0.05, 0) is 41.5 Å². The first-order valence-corrected chi connectivity index (χ1v) is 8.03. The van der Waals surface area contributed by atoms with Crippen LogP contribution < -0.4 is 0 Å². The van der Waals surface area contributed by atoms with Crippen molar-refractivity contribution in [1.29, 1.82) is 0 Å². The van der Waals surface area contributed by atoms with E-state index in [9.17, 15) is 13.2 Å². The molecule has 2 aromatic carbocycles. The van der Waals surface area contributed by atoms with Crippen molar-refractivity contribution in [2.45, 2.75) is 50.6 Å². The Morgan fingerprint density at radius 2 is 1.77 bits per heavy atom. The molecule has 1 fully saturated rings. The molecule has 0 bridgehead atoms. The first-order chi connectivity index (χ1) is 10.6. The maximum absolute atomic E-state index is 14.7. The normalized spacial score (nSPS) is 30.4. The van der Waals surface area contributed by atoms with E-state index >= 15 is 0 Å². The molecule has 0 nitrogen and oxygen atoms in total. The number of rotatable bonds is 3. The smallest absolute Gasteiger partial charge is 0.138 e. The van der Waals surface area contributed by atoms with E-state index in [1.54, 1.807) is 6.92 Å². The summed E-state index contributed by atoms with van der Waals surface area (Å²) in [6, 6.07) is 13.3. The lowest BCUT2D eigenvalue weighted by Crippen LogP contribution is -2.39. The number of alkyl halides is 3.